The van der Waals surface area contributed by atoms with E-state index in [0.717, 1.165) is 6.42 Å². The van der Waals surface area contributed by atoms with E-state index in [9.17, 15) is 5.11 Å². The van der Waals surface area contributed by atoms with E-state index in [-0.39, 0.29) is 5.41 Å². The highest BCUT2D eigenvalue weighted by molar-refractivity contribution is 7.98. The minimum Gasteiger partial charge on any atom is -0.396 e. The van der Waals surface area contributed by atoms with E-state index < -0.39 is 0 Å². The quantitative estimate of drug-likeness (QED) is 0.768. The Labute approximate surface area is 89.5 Å². The average molecular weight is 208 g/mol. The smallest absolute Gasteiger partial charge is 0.0490 e. The van der Waals surface area contributed by atoms with Crippen molar-refractivity contribution in [3.8, 4) is 0 Å². The van der Waals surface area contributed by atoms with Crippen LogP contribution in [-0.2, 0) is 6.42 Å². The molecule has 1 aliphatic rings. The fraction of sp³-hybridized carbons (Fsp3) is 0.500. The number of aliphatic hydroxyl groups is 1. The molecule has 0 heterocycles. The first kappa shape index (κ1) is 10.1. The molecule has 76 valence electrons. The molecule has 1 nitrogen and oxygen atoms in total. The summed E-state index contributed by atoms with van der Waals surface area (Å²) in [6.07, 6.45) is 5.52. The van der Waals surface area contributed by atoms with Crippen molar-refractivity contribution in [3.63, 3.8) is 0 Å². The van der Waals surface area contributed by atoms with Crippen LogP contribution >= 0.6 is 11.8 Å². The fourth-order valence-electron chi connectivity index (χ4n) is 1.82. The molecule has 1 aromatic rings. The lowest BCUT2D eigenvalue weighted by Gasteiger charge is -2.13. The molecule has 0 aromatic heterocycles. The molecule has 0 saturated heterocycles. The Morgan fingerprint density at radius 3 is 2.64 bits per heavy atom. The third kappa shape index (κ3) is 1.96. The summed E-state index contributed by atoms with van der Waals surface area (Å²) >= 11 is 1.79. The van der Waals surface area contributed by atoms with E-state index in [1.807, 2.05) is 0 Å². The Bertz CT molecular complexity index is 318. The summed E-state index contributed by atoms with van der Waals surface area (Å²) in [5.41, 5.74) is 1.62. The second-order valence-electron chi connectivity index (χ2n) is 4.15. The van der Waals surface area contributed by atoms with Gasteiger partial charge in [0.15, 0.2) is 0 Å². The Balaban J connectivity index is 2.16. The van der Waals surface area contributed by atoms with Gasteiger partial charge < -0.3 is 5.11 Å². The number of benzene rings is 1. The molecule has 1 aromatic carbocycles. The van der Waals surface area contributed by atoms with E-state index in [0.29, 0.717) is 6.61 Å². The molecule has 0 unspecified atom stereocenters. The monoisotopic (exact) mass is 208 g/mol. The van der Waals surface area contributed by atoms with Crippen LogP contribution in [0.2, 0.25) is 0 Å². The highest BCUT2D eigenvalue weighted by Crippen LogP contribution is 2.48. The molecule has 2 heteroatoms. The summed E-state index contributed by atoms with van der Waals surface area (Å²) in [6.45, 7) is 0.343. The van der Waals surface area contributed by atoms with Crippen molar-refractivity contribution < 1.29 is 5.11 Å². The Morgan fingerprint density at radius 2 is 2.07 bits per heavy atom. The van der Waals surface area contributed by atoms with E-state index in [1.165, 1.54) is 23.3 Å². The Hall–Kier alpha value is -0.470. The van der Waals surface area contributed by atoms with Crippen molar-refractivity contribution in [1.82, 2.24) is 0 Å². The topological polar surface area (TPSA) is 20.2 Å². The lowest BCUT2D eigenvalue weighted by Crippen LogP contribution is -2.10. The summed E-state index contributed by atoms with van der Waals surface area (Å²) in [4.78, 5) is 1.35. The second kappa shape index (κ2) is 3.95. The van der Waals surface area contributed by atoms with Crippen LogP contribution in [-0.4, -0.2) is 18.0 Å². The van der Waals surface area contributed by atoms with Crippen molar-refractivity contribution in [2.45, 2.75) is 24.2 Å². The fourth-order valence-corrected chi connectivity index (χ4v) is 2.44. The second-order valence-corrected chi connectivity index (χ2v) is 4.99. The lowest BCUT2D eigenvalue weighted by molar-refractivity contribution is 0.210. The van der Waals surface area contributed by atoms with Gasteiger partial charge in [0.2, 0.25) is 0 Å². The maximum atomic E-state index is 9.27. The summed E-state index contributed by atoms with van der Waals surface area (Å²) in [5, 5.41) is 9.27. The predicted molar refractivity (Wildman–Crippen MR) is 60.7 cm³/mol. The summed E-state index contributed by atoms with van der Waals surface area (Å²) in [6, 6.07) is 8.51. The van der Waals surface area contributed by atoms with Gasteiger partial charge in [0, 0.05) is 11.5 Å². The van der Waals surface area contributed by atoms with Crippen LogP contribution in [0.5, 0.6) is 0 Å². The molecule has 1 fully saturated rings. The summed E-state index contributed by atoms with van der Waals surface area (Å²) in [5.74, 6) is 0. The number of thioether (sulfide) groups is 1. The van der Waals surface area contributed by atoms with Gasteiger partial charge in [-0.3, -0.25) is 0 Å². The molecule has 0 bridgehead atoms. The van der Waals surface area contributed by atoms with Crippen molar-refractivity contribution >= 4 is 11.8 Å². The first-order valence-corrected chi connectivity index (χ1v) is 6.25. The van der Waals surface area contributed by atoms with E-state index in [1.54, 1.807) is 11.8 Å². The summed E-state index contributed by atoms with van der Waals surface area (Å²) < 4.78 is 0. The molecule has 2 rings (SSSR count). The predicted octanol–water partition coefficient (Wildman–Crippen LogP) is 2.72. The van der Waals surface area contributed by atoms with E-state index in [2.05, 4.69) is 30.5 Å². The molecular weight excluding hydrogens is 192 g/mol. The van der Waals surface area contributed by atoms with Gasteiger partial charge in [-0.15, -0.1) is 11.8 Å². The van der Waals surface area contributed by atoms with E-state index >= 15 is 0 Å². The zero-order valence-electron chi connectivity index (χ0n) is 8.49. The van der Waals surface area contributed by atoms with Crippen LogP contribution in [0.1, 0.15) is 18.4 Å². The third-order valence-corrected chi connectivity index (χ3v) is 3.89. The largest absolute Gasteiger partial charge is 0.396 e. The van der Waals surface area contributed by atoms with Gasteiger partial charge >= 0.3 is 0 Å². The lowest BCUT2D eigenvalue weighted by atomic mass is 9.97. The zero-order chi connectivity index (χ0) is 10.0. The molecule has 1 aliphatic carbocycles. The third-order valence-electron chi connectivity index (χ3n) is 3.05. The minimum absolute atomic E-state index is 0.228. The minimum atomic E-state index is 0.228. The molecule has 14 heavy (non-hydrogen) atoms. The molecule has 0 radical (unpaired) electrons. The van der Waals surface area contributed by atoms with Crippen LogP contribution in [0, 0.1) is 5.41 Å². The number of aliphatic hydroxyl groups excluding tert-OH is 1. The van der Waals surface area contributed by atoms with Crippen molar-refractivity contribution in [3.05, 3.63) is 29.8 Å². The van der Waals surface area contributed by atoms with Crippen molar-refractivity contribution in [2.24, 2.45) is 5.41 Å². The molecule has 0 amide bonds. The van der Waals surface area contributed by atoms with Gasteiger partial charge in [0.25, 0.3) is 0 Å². The highest BCUT2D eigenvalue weighted by Gasteiger charge is 2.42. The molecule has 1 N–H and O–H groups in total. The van der Waals surface area contributed by atoms with Crippen molar-refractivity contribution in [1.29, 1.82) is 0 Å². The van der Waals surface area contributed by atoms with Gasteiger partial charge in [-0.1, -0.05) is 18.2 Å². The number of rotatable bonds is 4. The van der Waals surface area contributed by atoms with Crippen LogP contribution in [0.3, 0.4) is 0 Å². The molecule has 0 aliphatic heterocycles. The number of hydrogen-bond acceptors (Lipinski definition) is 2. The van der Waals surface area contributed by atoms with Gasteiger partial charge in [0.1, 0.15) is 0 Å². The Kier molecular flexibility index (Phi) is 2.84. The SMILES string of the molecule is CSc1ccccc1CC1(CO)CC1. The standard InChI is InChI=1S/C12H16OS/c1-14-11-5-3-2-4-10(11)8-12(9-13)6-7-12/h2-5,13H,6-9H2,1H3. The molecule has 1 saturated carbocycles. The Morgan fingerprint density at radius 1 is 1.36 bits per heavy atom. The van der Waals surface area contributed by atoms with Crippen LogP contribution < -0.4 is 0 Å². The van der Waals surface area contributed by atoms with Crippen LogP contribution in [0.25, 0.3) is 0 Å². The maximum absolute atomic E-state index is 9.27. The maximum Gasteiger partial charge on any atom is 0.0490 e. The van der Waals surface area contributed by atoms with Gasteiger partial charge in [-0.2, -0.15) is 0 Å². The van der Waals surface area contributed by atoms with Gasteiger partial charge in [-0.05, 0) is 42.6 Å². The highest BCUT2D eigenvalue weighted by atomic mass is 32.2. The average Bonchev–Trinajstić information content (AvgIpc) is 2.99. The first-order valence-electron chi connectivity index (χ1n) is 5.02. The van der Waals surface area contributed by atoms with Gasteiger partial charge in [0.05, 0.1) is 0 Å². The van der Waals surface area contributed by atoms with E-state index in [4.69, 9.17) is 0 Å². The summed E-state index contributed by atoms with van der Waals surface area (Å²) in [7, 11) is 0. The normalized spacial score (nSPS) is 18.1. The number of hydrogen-bond donors (Lipinski definition) is 1. The van der Waals surface area contributed by atoms with Gasteiger partial charge in [-0.25, -0.2) is 0 Å². The first-order chi connectivity index (χ1) is 6.79. The van der Waals surface area contributed by atoms with Crippen LogP contribution in [0.15, 0.2) is 29.2 Å². The zero-order valence-corrected chi connectivity index (χ0v) is 9.31. The molecule has 0 atom stereocenters. The molecular formula is C12H16OS. The molecule has 0 spiro atoms. The van der Waals surface area contributed by atoms with Crippen LogP contribution in [0.4, 0.5) is 0 Å². The van der Waals surface area contributed by atoms with Crippen molar-refractivity contribution in [2.75, 3.05) is 12.9 Å².